The summed E-state index contributed by atoms with van der Waals surface area (Å²) in [6.07, 6.45) is 0. The molecule has 2 aromatic rings. The Hall–Kier alpha value is -1.35. The number of benzene rings is 1. The highest BCUT2D eigenvalue weighted by Crippen LogP contribution is 2.18. The summed E-state index contributed by atoms with van der Waals surface area (Å²) < 4.78 is 0. The van der Waals surface area contributed by atoms with Crippen molar-refractivity contribution < 1.29 is 0 Å². The Morgan fingerprint density at radius 2 is 1.67 bits per heavy atom. The summed E-state index contributed by atoms with van der Waals surface area (Å²) in [6.45, 7) is 5.90. The summed E-state index contributed by atoms with van der Waals surface area (Å²) in [5.41, 5.74) is 3.91. The molecule has 0 unspecified atom stereocenters. The van der Waals surface area contributed by atoms with Gasteiger partial charge < -0.3 is 0 Å². The maximum absolute atomic E-state index is 5.94. The molecule has 0 N–H and O–H groups in total. The molecular weight excluding hydrogens is 210 g/mol. The molecule has 0 aliphatic rings. The first-order valence-electron chi connectivity index (χ1n) is 4.75. The summed E-state index contributed by atoms with van der Waals surface area (Å²) >= 11 is 5.94. The van der Waals surface area contributed by atoms with E-state index in [0.29, 0.717) is 5.02 Å². The Balaban J connectivity index is 2.58. The molecule has 0 amide bonds. The van der Waals surface area contributed by atoms with Gasteiger partial charge in [-0.1, -0.05) is 17.7 Å². The van der Waals surface area contributed by atoms with E-state index in [0.717, 1.165) is 22.6 Å². The third-order valence-corrected chi connectivity index (χ3v) is 2.63. The molecule has 0 atom stereocenters. The van der Waals surface area contributed by atoms with E-state index in [9.17, 15) is 0 Å². The first kappa shape index (κ1) is 10.2. The average Bonchev–Trinajstić information content (AvgIpc) is 2.51. The van der Waals surface area contributed by atoms with Crippen molar-refractivity contribution in [1.82, 2.24) is 15.0 Å². The molecule has 0 bridgehead atoms. The van der Waals surface area contributed by atoms with Gasteiger partial charge in [0.2, 0.25) is 0 Å². The topological polar surface area (TPSA) is 30.7 Å². The summed E-state index contributed by atoms with van der Waals surface area (Å²) in [6, 6.07) is 5.70. The van der Waals surface area contributed by atoms with Gasteiger partial charge in [0.15, 0.2) is 0 Å². The van der Waals surface area contributed by atoms with Crippen molar-refractivity contribution >= 4 is 11.6 Å². The first-order valence-corrected chi connectivity index (χ1v) is 5.13. The van der Waals surface area contributed by atoms with Crippen LogP contribution in [0.1, 0.15) is 17.0 Å². The lowest BCUT2D eigenvalue weighted by Gasteiger charge is -2.04. The second-order valence-electron chi connectivity index (χ2n) is 3.59. The Bertz CT molecular complexity index is 483. The summed E-state index contributed by atoms with van der Waals surface area (Å²) in [5, 5.41) is 9.36. The van der Waals surface area contributed by atoms with Gasteiger partial charge in [0.1, 0.15) is 0 Å². The third kappa shape index (κ3) is 1.88. The third-order valence-electron chi connectivity index (χ3n) is 2.40. The number of rotatable bonds is 1. The predicted molar refractivity (Wildman–Crippen MR) is 60.6 cm³/mol. The molecule has 1 aromatic carbocycles. The van der Waals surface area contributed by atoms with Gasteiger partial charge in [-0.2, -0.15) is 15.0 Å². The highest BCUT2D eigenvalue weighted by atomic mass is 35.5. The van der Waals surface area contributed by atoms with Crippen LogP contribution in [-0.2, 0) is 0 Å². The number of nitrogens with zero attached hydrogens (tertiary/aromatic N) is 3. The van der Waals surface area contributed by atoms with E-state index in [1.54, 1.807) is 4.80 Å². The lowest BCUT2D eigenvalue weighted by molar-refractivity contribution is 0.736. The molecule has 4 heteroatoms. The van der Waals surface area contributed by atoms with Crippen molar-refractivity contribution in [2.24, 2.45) is 0 Å². The number of halogens is 1. The minimum Gasteiger partial charge on any atom is -0.153 e. The predicted octanol–water partition coefficient (Wildman–Crippen LogP) is 2.85. The van der Waals surface area contributed by atoms with Crippen LogP contribution in [0.15, 0.2) is 18.2 Å². The molecular formula is C11H12ClN3. The van der Waals surface area contributed by atoms with Crippen LogP contribution in [0.25, 0.3) is 5.69 Å². The van der Waals surface area contributed by atoms with Gasteiger partial charge in [0.05, 0.1) is 17.1 Å². The van der Waals surface area contributed by atoms with Crippen molar-refractivity contribution in [2.45, 2.75) is 20.8 Å². The smallest absolute Gasteiger partial charge is 0.0900 e. The fraction of sp³-hybridized carbons (Fsp3) is 0.273. The monoisotopic (exact) mass is 221 g/mol. The molecule has 1 heterocycles. The fourth-order valence-corrected chi connectivity index (χ4v) is 1.52. The number of aromatic nitrogens is 3. The van der Waals surface area contributed by atoms with Gasteiger partial charge in [-0.25, -0.2) is 0 Å². The second-order valence-corrected chi connectivity index (χ2v) is 4.03. The van der Waals surface area contributed by atoms with Crippen molar-refractivity contribution in [3.63, 3.8) is 0 Å². The molecule has 0 radical (unpaired) electrons. The van der Waals surface area contributed by atoms with Crippen LogP contribution in [0.2, 0.25) is 5.02 Å². The first-order chi connectivity index (χ1) is 7.08. The van der Waals surface area contributed by atoms with Crippen molar-refractivity contribution in [1.29, 1.82) is 0 Å². The van der Waals surface area contributed by atoms with Gasteiger partial charge in [0.25, 0.3) is 0 Å². The maximum atomic E-state index is 5.94. The van der Waals surface area contributed by atoms with Crippen LogP contribution in [-0.4, -0.2) is 15.0 Å². The van der Waals surface area contributed by atoms with Gasteiger partial charge in [0, 0.05) is 5.02 Å². The van der Waals surface area contributed by atoms with Gasteiger partial charge in [-0.05, 0) is 38.5 Å². The lowest BCUT2D eigenvalue weighted by Crippen LogP contribution is -2.01. The normalized spacial score (nSPS) is 10.7. The largest absolute Gasteiger partial charge is 0.153 e. The molecule has 3 nitrogen and oxygen atoms in total. The molecule has 0 saturated heterocycles. The molecule has 0 fully saturated rings. The molecule has 15 heavy (non-hydrogen) atoms. The van der Waals surface area contributed by atoms with Crippen LogP contribution < -0.4 is 0 Å². The van der Waals surface area contributed by atoms with Crippen molar-refractivity contribution in [2.75, 3.05) is 0 Å². The highest BCUT2D eigenvalue weighted by Gasteiger charge is 2.07. The van der Waals surface area contributed by atoms with Crippen molar-refractivity contribution in [3.8, 4) is 5.69 Å². The van der Waals surface area contributed by atoms with E-state index in [1.807, 2.05) is 39.0 Å². The van der Waals surface area contributed by atoms with Crippen LogP contribution >= 0.6 is 11.6 Å². The molecule has 1 aromatic heterocycles. The van der Waals surface area contributed by atoms with E-state index in [4.69, 9.17) is 11.6 Å². The maximum Gasteiger partial charge on any atom is 0.0900 e. The Labute approximate surface area is 93.7 Å². The van der Waals surface area contributed by atoms with E-state index in [1.165, 1.54) is 0 Å². The van der Waals surface area contributed by atoms with Gasteiger partial charge >= 0.3 is 0 Å². The molecule has 0 aliphatic heterocycles. The van der Waals surface area contributed by atoms with Crippen LogP contribution in [0.3, 0.4) is 0 Å². The van der Waals surface area contributed by atoms with Gasteiger partial charge in [-0.15, -0.1) is 0 Å². The van der Waals surface area contributed by atoms with Crippen molar-refractivity contribution in [3.05, 3.63) is 40.2 Å². The number of hydrogen-bond donors (Lipinski definition) is 0. The Morgan fingerprint density at radius 1 is 1.07 bits per heavy atom. The minimum atomic E-state index is 0.697. The summed E-state index contributed by atoms with van der Waals surface area (Å²) in [7, 11) is 0. The lowest BCUT2D eigenvalue weighted by atomic mass is 10.2. The highest BCUT2D eigenvalue weighted by molar-refractivity contribution is 6.30. The average molecular weight is 222 g/mol. The van der Waals surface area contributed by atoms with Gasteiger partial charge in [-0.3, -0.25) is 0 Å². The molecule has 0 spiro atoms. The SMILES string of the molecule is Cc1ccc(Cl)cc1-n1nc(C)c(C)n1. The molecule has 78 valence electrons. The van der Waals surface area contributed by atoms with E-state index < -0.39 is 0 Å². The van der Waals surface area contributed by atoms with Crippen LogP contribution in [0, 0.1) is 20.8 Å². The molecule has 0 saturated carbocycles. The molecule has 2 rings (SSSR count). The zero-order chi connectivity index (χ0) is 11.0. The number of aryl methyl sites for hydroxylation is 3. The standard InChI is InChI=1S/C11H12ClN3/c1-7-4-5-10(12)6-11(7)15-13-8(2)9(3)14-15/h4-6H,1-3H3. The minimum absolute atomic E-state index is 0.697. The second kappa shape index (κ2) is 3.66. The number of hydrogen-bond acceptors (Lipinski definition) is 2. The van der Waals surface area contributed by atoms with E-state index in [-0.39, 0.29) is 0 Å². The van der Waals surface area contributed by atoms with E-state index in [2.05, 4.69) is 10.2 Å². The van der Waals surface area contributed by atoms with Crippen LogP contribution in [0.5, 0.6) is 0 Å². The molecule has 0 aliphatic carbocycles. The Morgan fingerprint density at radius 3 is 2.27 bits per heavy atom. The summed E-state index contributed by atoms with van der Waals surface area (Å²) in [5.74, 6) is 0. The Kier molecular flexibility index (Phi) is 2.49. The zero-order valence-electron chi connectivity index (χ0n) is 8.95. The van der Waals surface area contributed by atoms with Crippen LogP contribution in [0.4, 0.5) is 0 Å². The fourth-order valence-electron chi connectivity index (χ4n) is 1.36. The summed E-state index contributed by atoms with van der Waals surface area (Å²) in [4.78, 5) is 1.63. The van der Waals surface area contributed by atoms with E-state index >= 15 is 0 Å². The zero-order valence-corrected chi connectivity index (χ0v) is 9.71. The quantitative estimate of drug-likeness (QED) is 0.742.